The molecule has 1 unspecified atom stereocenters. The minimum Gasteiger partial charge on any atom is -0.335 e. The first kappa shape index (κ1) is 15.7. The number of rotatable bonds is 3. The average molecular weight is 315 g/mol. The SMILES string of the molecule is CC(c1ccc2ccccc2c1)N(C)C(=O)c1ccc(C#N)nc1. The highest BCUT2D eigenvalue weighted by atomic mass is 16.2. The fraction of sp³-hybridized carbons (Fsp3) is 0.150. The van der Waals surface area contributed by atoms with Crippen LogP contribution >= 0.6 is 0 Å². The number of pyridine rings is 1. The summed E-state index contributed by atoms with van der Waals surface area (Å²) in [5.41, 5.74) is 1.85. The summed E-state index contributed by atoms with van der Waals surface area (Å²) in [7, 11) is 1.78. The number of nitrogens with zero attached hydrogens (tertiary/aromatic N) is 3. The summed E-state index contributed by atoms with van der Waals surface area (Å²) in [6.07, 6.45) is 1.45. The minimum atomic E-state index is -0.118. The molecule has 0 saturated heterocycles. The molecule has 1 heterocycles. The maximum absolute atomic E-state index is 12.6. The number of hydrogen-bond acceptors (Lipinski definition) is 3. The predicted molar refractivity (Wildman–Crippen MR) is 93.4 cm³/mol. The van der Waals surface area contributed by atoms with Crippen molar-refractivity contribution in [2.75, 3.05) is 7.05 Å². The van der Waals surface area contributed by atoms with E-state index in [1.54, 1.807) is 24.1 Å². The second kappa shape index (κ2) is 6.51. The third-order valence-corrected chi connectivity index (χ3v) is 4.28. The van der Waals surface area contributed by atoms with Crippen molar-refractivity contribution in [1.29, 1.82) is 5.26 Å². The van der Waals surface area contributed by atoms with Gasteiger partial charge in [0, 0.05) is 13.2 Å². The average Bonchev–Trinajstić information content (AvgIpc) is 2.66. The van der Waals surface area contributed by atoms with Gasteiger partial charge in [0.15, 0.2) is 0 Å². The van der Waals surface area contributed by atoms with Crippen LogP contribution in [0.15, 0.2) is 60.8 Å². The first-order valence-corrected chi connectivity index (χ1v) is 7.72. The van der Waals surface area contributed by atoms with Gasteiger partial charge in [0.25, 0.3) is 5.91 Å². The van der Waals surface area contributed by atoms with Crippen LogP contribution in [0, 0.1) is 11.3 Å². The van der Waals surface area contributed by atoms with Crippen molar-refractivity contribution in [3.63, 3.8) is 0 Å². The van der Waals surface area contributed by atoms with Crippen LogP contribution in [0.4, 0.5) is 0 Å². The highest BCUT2D eigenvalue weighted by Crippen LogP contribution is 2.24. The van der Waals surface area contributed by atoms with Crippen LogP contribution in [0.5, 0.6) is 0 Å². The van der Waals surface area contributed by atoms with E-state index in [4.69, 9.17) is 5.26 Å². The second-order valence-electron chi connectivity index (χ2n) is 5.74. The first-order valence-electron chi connectivity index (χ1n) is 7.72. The van der Waals surface area contributed by atoms with E-state index in [0.29, 0.717) is 11.3 Å². The highest BCUT2D eigenvalue weighted by molar-refractivity contribution is 5.94. The lowest BCUT2D eigenvalue weighted by atomic mass is 10.0. The maximum Gasteiger partial charge on any atom is 0.255 e. The van der Waals surface area contributed by atoms with E-state index >= 15 is 0 Å². The van der Waals surface area contributed by atoms with Crippen molar-refractivity contribution < 1.29 is 4.79 Å². The summed E-state index contributed by atoms with van der Waals surface area (Å²) >= 11 is 0. The second-order valence-corrected chi connectivity index (χ2v) is 5.74. The van der Waals surface area contributed by atoms with Crippen molar-refractivity contribution in [1.82, 2.24) is 9.88 Å². The molecule has 0 saturated carbocycles. The molecule has 1 aromatic heterocycles. The largest absolute Gasteiger partial charge is 0.335 e. The molecule has 0 radical (unpaired) electrons. The fourth-order valence-corrected chi connectivity index (χ4v) is 2.66. The summed E-state index contributed by atoms with van der Waals surface area (Å²) in [6.45, 7) is 2.00. The summed E-state index contributed by atoms with van der Waals surface area (Å²) in [5, 5.41) is 11.1. The zero-order chi connectivity index (χ0) is 17.1. The molecule has 118 valence electrons. The molecule has 3 aromatic rings. The Morgan fingerprint density at radius 2 is 1.88 bits per heavy atom. The van der Waals surface area contributed by atoms with Gasteiger partial charge in [0.1, 0.15) is 11.8 Å². The summed E-state index contributed by atoms with van der Waals surface area (Å²) in [6, 6.07) is 19.5. The van der Waals surface area contributed by atoms with E-state index in [2.05, 4.69) is 29.2 Å². The molecule has 0 spiro atoms. The number of carbonyl (C=O) groups excluding carboxylic acids is 1. The van der Waals surface area contributed by atoms with Crippen molar-refractivity contribution >= 4 is 16.7 Å². The normalized spacial score (nSPS) is 11.7. The third kappa shape index (κ3) is 2.97. The minimum absolute atomic E-state index is 0.0715. The Morgan fingerprint density at radius 3 is 2.54 bits per heavy atom. The van der Waals surface area contributed by atoms with Crippen LogP contribution in [-0.4, -0.2) is 22.8 Å². The molecule has 1 amide bonds. The number of benzene rings is 2. The van der Waals surface area contributed by atoms with Gasteiger partial charge in [-0.3, -0.25) is 4.79 Å². The maximum atomic E-state index is 12.6. The molecular formula is C20H17N3O. The Bertz CT molecular complexity index is 926. The van der Waals surface area contributed by atoms with Crippen LogP contribution in [0.25, 0.3) is 10.8 Å². The Hall–Kier alpha value is -3.19. The van der Waals surface area contributed by atoms with Crippen LogP contribution in [-0.2, 0) is 0 Å². The molecule has 4 nitrogen and oxygen atoms in total. The molecule has 2 aromatic carbocycles. The van der Waals surface area contributed by atoms with Crippen LogP contribution in [0.2, 0.25) is 0 Å². The Labute approximate surface area is 141 Å². The number of hydrogen-bond donors (Lipinski definition) is 0. The van der Waals surface area contributed by atoms with Crippen LogP contribution in [0.1, 0.15) is 34.6 Å². The standard InChI is InChI=1S/C20H17N3O/c1-14(16-8-7-15-5-3-4-6-17(15)11-16)23(2)20(24)18-9-10-19(12-21)22-13-18/h3-11,13-14H,1-2H3. The molecule has 4 heteroatoms. The molecule has 24 heavy (non-hydrogen) atoms. The lowest BCUT2D eigenvalue weighted by Crippen LogP contribution is -2.29. The number of nitriles is 1. The molecule has 0 aliphatic rings. The Morgan fingerprint density at radius 1 is 1.12 bits per heavy atom. The van der Waals surface area contributed by atoms with Crippen molar-refractivity contribution in [2.24, 2.45) is 0 Å². The molecule has 0 fully saturated rings. The predicted octanol–water partition coefficient (Wildman–Crippen LogP) is 3.94. The third-order valence-electron chi connectivity index (χ3n) is 4.28. The quantitative estimate of drug-likeness (QED) is 0.735. The zero-order valence-corrected chi connectivity index (χ0v) is 13.6. The molecule has 3 rings (SSSR count). The molecule has 0 aliphatic carbocycles. The molecular weight excluding hydrogens is 298 g/mol. The van der Waals surface area contributed by atoms with Crippen molar-refractivity contribution in [3.8, 4) is 6.07 Å². The lowest BCUT2D eigenvalue weighted by Gasteiger charge is -2.25. The molecule has 1 atom stereocenters. The van der Waals surface area contributed by atoms with E-state index in [1.165, 1.54) is 11.6 Å². The van der Waals surface area contributed by atoms with E-state index in [1.807, 2.05) is 31.2 Å². The van der Waals surface area contributed by atoms with E-state index in [0.717, 1.165) is 10.9 Å². The van der Waals surface area contributed by atoms with Crippen LogP contribution in [0.3, 0.4) is 0 Å². The highest BCUT2D eigenvalue weighted by Gasteiger charge is 2.19. The first-order chi connectivity index (χ1) is 11.6. The van der Waals surface area contributed by atoms with Gasteiger partial charge in [-0.15, -0.1) is 0 Å². The smallest absolute Gasteiger partial charge is 0.255 e. The van der Waals surface area contributed by atoms with Gasteiger partial charge in [-0.2, -0.15) is 5.26 Å². The van der Waals surface area contributed by atoms with Crippen LogP contribution < -0.4 is 0 Å². The lowest BCUT2D eigenvalue weighted by molar-refractivity contribution is 0.0742. The number of amides is 1. The number of fused-ring (bicyclic) bond motifs is 1. The van der Waals surface area contributed by atoms with Gasteiger partial charge in [-0.25, -0.2) is 4.98 Å². The molecule has 0 aliphatic heterocycles. The van der Waals surface area contributed by atoms with Crippen molar-refractivity contribution in [3.05, 3.63) is 77.6 Å². The summed E-state index contributed by atoms with van der Waals surface area (Å²) < 4.78 is 0. The zero-order valence-electron chi connectivity index (χ0n) is 13.6. The molecule has 0 N–H and O–H groups in total. The fourth-order valence-electron chi connectivity index (χ4n) is 2.66. The monoisotopic (exact) mass is 315 g/mol. The van der Waals surface area contributed by atoms with E-state index in [-0.39, 0.29) is 11.9 Å². The van der Waals surface area contributed by atoms with Crippen molar-refractivity contribution in [2.45, 2.75) is 13.0 Å². The summed E-state index contributed by atoms with van der Waals surface area (Å²) in [5.74, 6) is -0.118. The van der Waals surface area contributed by atoms with Gasteiger partial charge >= 0.3 is 0 Å². The summed E-state index contributed by atoms with van der Waals surface area (Å²) in [4.78, 5) is 18.3. The van der Waals surface area contributed by atoms with Gasteiger partial charge < -0.3 is 4.90 Å². The van der Waals surface area contributed by atoms with E-state index < -0.39 is 0 Å². The Kier molecular flexibility index (Phi) is 4.26. The van der Waals surface area contributed by atoms with Gasteiger partial charge in [-0.05, 0) is 41.5 Å². The van der Waals surface area contributed by atoms with Gasteiger partial charge in [0.05, 0.1) is 11.6 Å². The topological polar surface area (TPSA) is 57.0 Å². The Balaban J connectivity index is 1.85. The number of aromatic nitrogens is 1. The van der Waals surface area contributed by atoms with E-state index in [9.17, 15) is 4.79 Å². The number of carbonyl (C=O) groups is 1. The van der Waals surface area contributed by atoms with Gasteiger partial charge in [0.2, 0.25) is 0 Å². The molecule has 0 bridgehead atoms. The van der Waals surface area contributed by atoms with Gasteiger partial charge in [-0.1, -0.05) is 36.4 Å².